The maximum absolute atomic E-state index is 2.37. The smallest absolute Gasteiger partial charge is 0.0467 e. The molecule has 0 spiro atoms. The van der Waals surface area contributed by atoms with Crippen LogP contribution in [0.5, 0.6) is 0 Å². The highest BCUT2D eigenvalue weighted by molar-refractivity contribution is 7.25. The summed E-state index contributed by atoms with van der Waals surface area (Å²) in [4.78, 5) is 2.37. The first-order valence-electron chi connectivity index (χ1n) is 18.4. The number of hydrogen-bond acceptors (Lipinski definition) is 2. The Hall–Kier alpha value is -6.74. The third-order valence-corrected chi connectivity index (χ3v) is 11.6. The number of fused-ring (bicyclic) bond motifs is 4. The van der Waals surface area contributed by atoms with Crippen LogP contribution in [-0.4, -0.2) is 0 Å². The van der Waals surface area contributed by atoms with Crippen molar-refractivity contribution in [1.29, 1.82) is 0 Å². The van der Waals surface area contributed by atoms with Crippen molar-refractivity contribution in [2.75, 3.05) is 4.90 Å². The molecule has 0 aliphatic carbocycles. The van der Waals surface area contributed by atoms with Gasteiger partial charge in [0.25, 0.3) is 0 Å². The van der Waals surface area contributed by atoms with E-state index in [-0.39, 0.29) is 0 Å². The predicted octanol–water partition coefficient (Wildman–Crippen LogP) is 15.3. The Morgan fingerprint density at radius 2 is 0.741 bits per heavy atom. The minimum Gasteiger partial charge on any atom is -0.310 e. The van der Waals surface area contributed by atoms with Gasteiger partial charge in [-0.05, 0) is 110 Å². The van der Waals surface area contributed by atoms with E-state index in [1.807, 2.05) is 11.3 Å². The predicted molar refractivity (Wildman–Crippen MR) is 233 cm³/mol. The minimum absolute atomic E-state index is 1.11. The first kappa shape index (κ1) is 32.0. The van der Waals surface area contributed by atoms with Gasteiger partial charge in [-0.25, -0.2) is 0 Å². The molecule has 254 valence electrons. The molecule has 0 aliphatic rings. The third kappa shape index (κ3) is 6.03. The lowest BCUT2D eigenvalue weighted by atomic mass is 9.99. The van der Waals surface area contributed by atoms with Crippen molar-refractivity contribution in [1.82, 2.24) is 0 Å². The maximum atomic E-state index is 2.37. The molecule has 0 saturated heterocycles. The summed E-state index contributed by atoms with van der Waals surface area (Å²) < 4.78 is 2.64. The normalized spacial score (nSPS) is 11.3. The quantitative estimate of drug-likeness (QED) is 0.160. The highest BCUT2D eigenvalue weighted by Crippen LogP contribution is 2.40. The van der Waals surface area contributed by atoms with Gasteiger partial charge in [0, 0.05) is 37.2 Å². The molecule has 1 nitrogen and oxygen atoms in total. The van der Waals surface area contributed by atoms with Gasteiger partial charge in [-0.3, -0.25) is 0 Å². The molecule has 0 unspecified atom stereocenters. The zero-order valence-corrected chi connectivity index (χ0v) is 30.4. The molecule has 0 fully saturated rings. The molecule has 0 radical (unpaired) electrons. The summed E-state index contributed by atoms with van der Waals surface area (Å²) in [6.07, 6.45) is 0. The maximum Gasteiger partial charge on any atom is 0.0467 e. The van der Waals surface area contributed by atoms with Gasteiger partial charge < -0.3 is 4.90 Å². The molecular weight excluding hydrogens is 671 g/mol. The van der Waals surface area contributed by atoms with Gasteiger partial charge in [0.1, 0.15) is 0 Å². The second-order valence-electron chi connectivity index (χ2n) is 13.8. The van der Waals surface area contributed by atoms with Crippen LogP contribution in [0.3, 0.4) is 0 Å². The zero-order valence-electron chi connectivity index (χ0n) is 29.6. The Labute approximate surface area is 319 Å². The molecule has 2 heteroatoms. The van der Waals surface area contributed by atoms with Crippen molar-refractivity contribution in [2.45, 2.75) is 0 Å². The van der Waals surface area contributed by atoms with Crippen molar-refractivity contribution in [3.8, 4) is 44.5 Å². The van der Waals surface area contributed by atoms with Crippen LogP contribution in [0.4, 0.5) is 17.1 Å². The van der Waals surface area contributed by atoms with E-state index in [0.29, 0.717) is 0 Å². The number of nitrogens with zero attached hydrogens (tertiary/aromatic N) is 1. The number of benzene rings is 9. The van der Waals surface area contributed by atoms with E-state index in [4.69, 9.17) is 0 Å². The monoisotopic (exact) mass is 705 g/mol. The molecule has 1 heterocycles. The SMILES string of the molecule is c1ccc(-c2ccc(-c3ccc(N(c4ccc(-c5ccc6ccccc6c5)cc4)c4cccc(-c5ccc6c(c5)sc5ccccc56)c4)cc3)cc2)cc1. The van der Waals surface area contributed by atoms with Crippen LogP contribution >= 0.6 is 11.3 Å². The van der Waals surface area contributed by atoms with Gasteiger partial charge in [-0.1, -0.05) is 158 Å². The van der Waals surface area contributed by atoms with E-state index in [0.717, 1.165) is 17.1 Å². The van der Waals surface area contributed by atoms with E-state index in [1.54, 1.807) is 0 Å². The second-order valence-corrected chi connectivity index (χ2v) is 14.9. The molecule has 10 rings (SSSR count). The molecule has 0 atom stereocenters. The second kappa shape index (κ2) is 13.7. The van der Waals surface area contributed by atoms with Gasteiger partial charge in [0.2, 0.25) is 0 Å². The molecule has 0 saturated carbocycles. The Morgan fingerprint density at radius 3 is 1.46 bits per heavy atom. The van der Waals surface area contributed by atoms with Crippen LogP contribution in [0.25, 0.3) is 75.5 Å². The molecule has 54 heavy (non-hydrogen) atoms. The van der Waals surface area contributed by atoms with Crippen LogP contribution in [0, 0.1) is 0 Å². The van der Waals surface area contributed by atoms with Gasteiger partial charge in [0.05, 0.1) is 0 Å². The van der Waals surface area contributed by atoms with Crippen LogP contribution in [0.1, 0.15) is 0 Å². The van der Waals surface area contributed by atoms with Crippen molar-refractivity contribution in [3.05, 3.63) is 212 Å². The fraction of sp³-hybridized carbons (Fsp3) is 0. The number of thiophene rings is 1. The number of rotatable bonds is 7. The standard InChI is InChI=1S/C52H35NS/c1-2-9-36(10-3-1)38-17-19-39(20-18-38)40-23-28-46(29-24-40)53(47-30-25-41(26-31-47)44-22-21-37-11-4-5-12-42(37)33-44)48-14-8-13-43(34-48)45-27-32-50-49-15-6-7-16-51(49)54-52(50)35-45/h1-35H. The zero-order chi connectivity index (χ0) is 35.8. The van der Waals surface area contributed by atoms with Crippen molar-refractivity contribution < 1.29 is 0 Å². The fourth-order valence-electron chi connectivity index (χ4n) is 7.64. The topological polar surface area (TPSA) is 3.24 Å². The molecule has 1 aromatic heterocycles. The summed E-state index contributed by atoms with van der Waals surface area (Å²) in [5.41, 5.74) is 13.0. The number of anilines is 3. The molecule has 0 N–H and O–H groups in total. The molecule has 0 bridgehead atoms. The van der Waals surface area contributed by atoms with E-state index in [9.17, 15) is 0 Å². The summed E-state index contributed by atoms with van der Waals surface area (Å²) in [5, 5.41) is 5.15. The van der Waals surface area contributed by atoms with E-state index >= 15 is 0 Å². The van der Waals surface area contributed by atoms with Crippen molar-refractivity contribution in [2.24, 2.45) is 0 Å². The lowest BCUT2D eigenvalue weighted by Crippen LogP contribution is -2.10. The molecule has 0 aliphatic heterocycles. The van der Waals surface area contributed by atoms with Gasteiger partial charge in [-0.15, -0.1) is 11.3 Å². The lowest BCUT2D eigenvalue weighted by molar-refractivity contribution is 1.28. The van der Waals surface area contributed by atoms with Gasteiger partial charge >= 0.3 is 0 Å². The Balaban J connectivity index is 1.02. The van der Waals surface area contributed by atoms with Crippen molar-refractivity contribution in [3.63, 3.8) is 0 Å². The van der Waals surface area contributed by atoms with E-state index < -0.39 is 0 Å². The Morgan fingerprint density at radius 1 is 0.259 bits per heavy atom. The molecule has 9 aromatic carbocycles. The summed E-state index contributed by atoms with van der Waals surface area (Å²) in [6, 6.07) is 77.1. The molecule has 0 amide bonds. The first-order valence-corrected chi connectivity index (χ1v) is 19.2. The van der Waals surface area contributed by atoms with Gasteiger partial charge in [-0.2, -0.15) is 0 Å². The largest absolute Gasteiger partial charge is 0.310 e. The summed E-state index contributed by atoms with van der Waals surface area (Å²) in [7, 11) is 0. The van der Waals surface area contributed by atoms with Crippen LogP contribution < -0.4 is 4.90 Å². The molecule has 10 aromatic rings. The van der Waals surface area contributed by atoms with Crippen molar-refractivity contribution >= 4 is 59.3 Å². The van der Waals surface area contributed by atoms with Gasteiger partial charge in [0.15, 0.2) is 0 Å². The Bertz CT molecular complexity index is 2900. The summed E-state index contributed by atoms with van der Waals surface area (Å²) in [5.74, 6) is 0. The summed E-state index contributed by atoms with van der Waals surface area (Å²) >= 11 is 1.86. The van der Waals surface area contributed by atoms with Crippen LogP contribution in [0.2, 0.25) is 0 Å². The molecular formula is C52H35NS. The fourth-order valence-corrected chi connectivity index (χ4v) is 8.78. The third-order valence-electron chi connectivity index (χ3n) is 10.5. The highest BCUT2D eigenvalue weighted by atomic mass is 32.1. The van der Waals surface area contributed by atoms with Crippen LogP contribution in [-0.2, 0) is 0 Å². The number of hydrogen-bond donors (Lipinski definition) is 0. The first-order chi connectivity index (χ1) is 26.7. The van der Waals surface area contributed by atoms with Crippen LogP contribution in [0.15, 0.2) is 212 Å². The highest BCUT2D eigenvalue weighted by Gasteiger charge is 2.15. The summed E-state index contributed by atoms with van der Waals surface area (Å²) in [6.45, 7) is 0. The average Bonchev–Trinajstić information content (AvgIpc) is 3.63. The van der Waals surface area contributed by atoms with E-state index in [2.05, 4.69) is 217 Å². The minimum atomic E-state index is 1.11. The van der Waals surface area contributed by atoms with E-state index in [1.165, 1.54) is 75.5 Å². The Kier molecular flexibility index (Phi) is 8.09. The average molecular weight is 706 g/mol. The lowest BCUT2D eigenvalue weighted by Gasteiger charge is -2.26.